The van der Waals surface area contributed by atoms with Crippen LogP contribution in [0.25, 0.3) is 17.0 Å². The lowest BCUT2D eigenvalue weighted by atomic mass is 10.3. The largest absolute Gasteiger partial charge is 0.264 e. The zero-order valence-corrected chi connectivity index (χ0v) is 8.83. The molecular weight excluding hydrogens is 200 g/mol. The van der Waals surface area contributed by atoms with Gasteiger partial charge in [0.15, 0.2) is 0 Å². The Labute approximate surface area is 92.6 Å². The summed E-state index contributed by atoms with van der Waals surface area (Å²) in [6.45, 7) is 1.95. The van der Waals surface area contributed by atoms with Crippen LogP contribution in [0.4, 0.5) is 0 Å². The molecule has 0 aliphatic heterocycles. The molecule has 0 N–H and O–H groups in total. The van der Waals surface area contributed by atoms with Gasteiger partial charge in [-0.3, -0.25) is 4.57 Å². The summed E-state index contributed by atoms with van der Waals surface area (Å²) >= 11 is 0. The van der Waals surface area contributed by atoms with E-state index >= 15 is 0 Å². The summed E-state index contributed by atoms with van der Waals surface area (Å²) in [6, 6.07) is 9.78. The van der Waals surface area contributed by atoms with Gasteiger partial charge < -0.3 is 0 Å². The molecular formula is C12H10N4. The molecule has 3 rings (SSSR count). The Morgan fingerprint density at radius 1 is 1.00 bits per heavy atom. The zero-order valence-electron chi connectivity index (χ0n) is 8.83. The van der Waals surface area contributed by atoms with Crippen molar-refractivity contribution in [2.24, 2.45) is 0 Å². The van der Waals surface area contributed by atoms with Crippen LogP contribution in [0.3, 0.4) is 0 Å². The van der Waals surface area contributed by atoms with Crippen LogP contribution in [-0.2, 0) is 0 Å². The Morgan fingerprint density at radius 3 is 2.56 bits per heavy atom. The molecule has 4 heteroatoms. The smallest absolute Gasteiger partial charge is 0.235 e. The fraction of sp³-hybridized carbons (Fsp3) is 0.0833. The first kappa shape index (κ1) is 9.03. The van der Waals surface area contributed by atoms with Crippen molar-refractivity contribution < 1.29 is 0 Å². The first-order valence-electron chi connectivity index (χ1n) is 5.08. The van der Waals surface area contributed by atoms with Gasteiger partial charge in [-0.2, -0.15) is 0 Å². The van der Waals surface area contributed by atoms with Gasteiger partial charge in [-0.05, 0) is 25.1 Å². The molecule has 0 saturated heterocycles. The number of imidazole rings is 1. The third kappa shape index (κ3) is 1.27. The van der Waals surface area contributed by atoms with E-state index in [2.05, 4.69) is 15.0 Å². The number of fused-ring (bicyclic) bond motifs is 1. The van der Waals surface area contributed by atoms with Gasteiger partial charge in [-0.15, -0.1) is 0 Å². The highest BCUT2D eigenvalue weighted by Crippen LogP contribution is 2.17. The molecule has 1 aromatic carbocycles. The van der Waals surface area contributed by atoms with Crippen molar-refractivity contribution >= 4 is 11.0 Å². The highest BCUT2D eigenvalue weighted by Gasteiger charge is 2.09. The minimum Gasteiger partial charge on any atom is -0.264 e. The maximum absolute atomic E-state index is 4.47. The van der Waals surface area contributed by atoms with Crippen molar-refractivity contribution in [1.29, 1.82) is 0 Å². The van der Waals surface area contributed by atoms with Gasteiger partial charge in [-0.25, -0.2) is 15.0 Å². The molecule has 2 aromatic heterocycles. The van der Waals surface area contributed by atoms with E-state index in [0.29, 0.717) is 5.95 Å². The number of aryl methyl sites for hydroxylation is 1. The van der Waals surface area contributed by atoms with Crippen LogP contribution in [0.2, 0.25) is 0 Å². The van der Waals surface area contributed by atoms with Gasteiger partial charge in [-0.1, -0.05) is 12.1 Å². The van der Waals surface area contributed by atoms with Crippen molar-refractivity contribution in [2.75, 3.05) is 0 Å². The highest BCUT2D eigenvalue weighted by atomic mass is 15.2. The van der Waals surface area contributed by atoms with Crippen molar-refractivity contribution in [3.05, 3.63) is 48.5 Å². The van der Waals surface area contributed by atoms with Crippen LogP contribution in [0, 0.1) is 6.92 Å². The van der Waals surface area contributed by atoms with Gasteiger partial charge in [0.25, 0.3) is 0 Å². The Morgan fingerprint density at radius 2 is 1.75 bits per heavy atom. The van der Waals surface area contributed by atoms with Gasteiger partial charge in [0.1, 0.15) is 5.82 Å². The average molecular weight is 210 g/mol. The molecule has 0 saturated carbocycles. The Hall–Kier alpha value is -2.23. The highest BCUT2D eigenvalue weighted by molar-refractivity contribution is 5.77. The summed E-state index contributed by atoms with van der Waals surface area (Å²) in [7, 11) is 0. The molecule has 0 spiro atoms. The fourth-order valence-corrected chi connectivity index (χ4v) is 1.81. The van der Waals surface area contributed by atoms with Crippen LogP contribution in [0.5, 0.6) is 0 Å². The number of benzene rings is 1. The lowest BCUT2D eigenvalue weighted by Gasteiger charge is -2.02. The summed E-state index contributed by atoms with van der Waals surface area (Å²) in [5, 5.41) is 0. The van der Waals surface area contributed by atoms with Crippen LogP contribution >= 0.6 is 0 Å². The van der Waals surface area contributed by atoms with E-state index < -0.39 is 0 Å². The van der Waals surface area contributed by atoms with Gasteiger partial charge in [0, 0.05) is 12.4 Å². The quantitative estimate of drug-likeness (QED) is 0.618. The normalized spacial score (nSPS) is 10.8. The third-order valence-corrected chi connectivity index (χ3v) is 2.48. The van der Waals surface area contributed by atoms with Gasteiger partial charge >= 0.3 is 0 Å². The van der Waals surface area contributed by atoms with Crippen molar-refractivity contribution in [2.45, 2.75) is 6.92 Å². The summed E-state index contributed by atoms with van der Waals surface area (Å²) in [6.07, 6.45) is 3.47. The molecule has 0 unspecified atom stereocenters. The number of hydrogen-bond donors (Lipinski definition) is 0. The van der Waals surface area contributed by atoms with Crippen LogP contribution in [0.1, 0.15) is 5.82 Å². The second-order valence-corrected chi connectivity index (χ2v) is 3.53. The molecule has 0 aliphatic rings. The molecule has 2 heterocycles. The molecule has 0 atom stereocenters. The predicted molar refractivity (Wildman–Crippen MR) is 61.4 cm³/mol. The van der Waals surface area contributed by atoms with E-state index in [9.17, 15) is 0 Å². The van der Waals surface area contributed by atoms with Crippen molar-refractivity contribution in [3.63, 3.8) is 0 Å². The van der Waals surface area contributed by atoms with E-state index in [0.717, 1.165) is 16.9 Å². The summed E-state index contributed by atoms with van der Waals surface area (Å²) in [4.78, 5) is 13.0. The average Bonchev–Trinajstić information content (AvgIpc) is 2.66. The van der Waals surface area contributed by atoms with E-state index in [1.807, 2.05) is 35.8 Å². The zero-order chi connectivity index (χ0) is 11.0. The van der Waals surface area contributed by atoms with Crippen molar-refractivity contribution in [1.82, 2.24) is 19.5 Å². The number of rotatable bonds is 1. The van der Waals surface area contributed by atoms with Crippen LogP contribution in [-0.4, -0.2) is 19.5 Å². The third-order valence-electron chi connectivity index (χ3n) is 2.48. The Bertz CT molecular complexity index is 628. The minimum absolute atomic E-state index is 0.661. The molecule has 16 heavy (non-hydrogen) atoms. The maximum atomic E-state index is 4.47. The molecule has 0 fully saturated rings. The molecule has 0 radical (unpaired) electrons. The van der Waals surface area contributed by atoms with E-state index in [1.54, 1.807) is 18.5 Å². The molecule has 0 amide bonds. The molecule has 4 nitrogen and oxygen atoms in total. The van der Waals surface area contributed by atoms with E-state index in [4.69, 9.17) is 0 Å². The second kappa shape index (κ2) is 3.41. The lowest BCUT2D eigenvalue weighted by molar-refractivity contribution is 0.904. The number of nitrogens with zero attached hydrogens (tertiary/aromatic N) is 4. The molecule has 0 bridgehead atoms. The SMILES string of the molecule is Cc1nc2ccccc2n1-c1ncccn1. The minimum atomic E-state index is 0.661. The monoisotopic (exact) mass is 210 g/mol. The van der Waals surface area contributed by atoms with Crippen LogP contribution < -0.4 is 0 Å². The topological polar surface area (TPSA) is 43.6 Å². The molecule has 78 valence electrons. The maximum Gasteiger partial charge on any atom is 0.235 e. The predicted octanol–water partition coefficient (Wildman–Crippen LogP) is 2.12. The van der Waals surface area contributed by atoms with E-state index in [1.165, 1.54) is 0 Å². The van der Waals surface area contributed by atoms with Crippen molar-refractivity contribution in [3.8, 4) is 5.95 Å². The summed E-state index contributed by atoms with van der Waals surface area (Å²) in [5.74, 6) is 1.56. The Balaban J connectivity index is 2.35. The number of hydrogen-bond acceptors (Lipinski definition) is 3. The fourth-order valence-electron chi connectivity index (χ4n) is 1.81. The number of para-hydroxylation sites is 2. The Kier molecular flexibility index (Phi) is 1.93. The summed E-state index contributed by atoms with van der Waals surface area (Å²) < 4.78 is 1.95. The standard InChI is InChI=1S/C12H10N4/c1-9-15-10-5-2-3-6-11(10)16(9)12-13-7-4-8-14-12/h2-8H,1H3. The summed E-state index contributed by atoms with van der Waals surface area (Å²) in [5.41, 5.74) is 2.00. The van der Waals surface area contributed by atoms with Gasteiger partial charge in [0.2, 0.25) is 5.95 Å². The molecule has 3 aromatic rings. The lowest BCUT2D eigenvalue weighted by Crippen LogP contribution is -2.01. The first-order chi connectivity index (χ1) is 7.86. The second-order valence-electron chi connectivity index (χ2n) is 3.53. The van der Waals surface area contributed by atoms with Gasteiger partial charge in [0.05, 0.1) is 11.0 Å². The van der Waals surface area contributed by atoms with Crippen LogP contribution in [0.15, 0.2) is 42.7 Å². The first-order valence-corrected chi connectivity index (χ1v) is 5.08. The van der Waals surface area contributed by atoms with E-state index in [-0.39, 0.29) is 0 Å². The molecule has 0 aliphatic carbocycles. The number of aromatic nitrogens is 4.